The summed E-state index contributed by atoms with van der Waals surface area (Å²) in [5.74, 6) is -0.577. The van der Waals surface area contributed by atoms with Gasteiger partial charge in [0.05, 0.1) is 16.8 Å². The van der Waals surface area contributed by atoms with Crippen LogP contribution in [0.15, 0.2) is 63.6 Å². The van der Waals surface area contributed by atoms with Gasteiger partial charge in [0, 0.05) is 4.47 Å². The van der Waals surface area contributed by atoms with Gasteiger partial charge in [0.2, 0.25) is 0 Å². The Balaban J connectivity index is 2.01. The molecule has 1 saturated heterocycles. The molecule has 2 aromatic carbocycles. The zero-order chi connectivity index (χ0) is 22.5. The number of nitrogens with zero attached hydrogens (tertiary/aromatic N) is 1. The lowest BCUT2D eigenvalue weighted by Gasteiger charge is -2.26. The molecule has 4 amide bonds. The van der Waals surface area contributed by atoms with Crippen LogP contribution in [0.25, 0.3) is 6.08 Å². The largest absolute Gasteiger partial charge is 0.490 e. The summed E-state index contributed by atoms with van der Waals surface area (Å²) in [6.07, 6.45) is 3.01. The third-order valence-electron chi connectivity index (χ3n) is 4.17. The van der Waals surface area contributed by atoms with E-state index in [1.54, 1.807) is 42.5 Å². The normalized spacial score (nSPS) is 15.1. The highest BCUT2D eigenvalue weighted by molar-refractivity contribution is 9.10. The molecule has 2 aromatic rings. The number of imide groups is 2. The molecule has 1 N–H and O–H groups in total. The number of rotatable bonds is 7. The van der Waals surface area contributed by atoms with E-state index < -0.39 is 17.8 Å². The zero-order valence-electron chi connectivity index (χ0n) is 16.5. The maximum absolute atomic E-state index is 13.0. The minimum absolute atomic E-state index is 0.184. The topological polar surface area (TPSA) is 84.9 Å². The Hall–Kier alpha value is -2.91. The summed E-state index contributed by atoms with van der Waals surface area (Å²) < 4.78 is 12.7. The molecule has 31 heavy (non-hydrogen) atoms. The SMILES string of the molecule is C=CCOc1c(Br)cc(/C=C2\C(=O)NC(=O)N(c3ccc(Br)cc3)C2=O)cc1OCC. The van der Waals surface area contributed by atoms with Crippen LogP contribution in [0.4, 0.5) is 10.5 Å². The van der Waals surface area contributed by atoms with Crippen LogP contribution >= 0.6 is 31.9 Å². The molecule has 0 spiro atoms. The molecule has 1 heterocycles. The van der Waals surface area contributed by atoms with Crippen molar-refractivity contribution in [2.75, 3.05) is 18.1 Å². The van der Waals surface area contributed by atoms with Gasteiger partial charge in [-0.15, -0.1) is 0 Å². The number of barbiturate groups is 1. The smallest absolute Gasteiger partial charge is 0.335 e. The molecule has 0 radical (unpaired) electrons. The van der Waals surface area contributed by atoms with Gasteiger partial charge in [0.15, 0.2) is 11.5 Å². The molecule has 1 aliphatic rings. The first-order valence-corrected chi connectivity index (χ1v) is 10.8. The highest BCUT2D eigenvalue weighted by Crippen LogP contribution is 2.38. The van der Waals surface area contributed by atoms with E-state index in [1.165, 1.54) is 6.08 Å². The minimum Gasteiger partial charge on any atom is -0.490 e. The van der Waals surface area contributed by atoms with Crippen molar-refractivity contribution in [2.45, 2.75) is 6.92 Å². The molecule has 1 aliphatic heterocycles. The van der Waals surface area contributed by atoms with Crippen molar-refractivity contribution >= 4 is 61.5 Å². The Bertz CT molecular complexity index is 1080. The standard InChI is InChI=1S/C22H18Br2N2O5/c1-3-9-31-19-17(24)11-13(12-18(19)30-4-2)10-16-20(27)25-22(29)26(21(16)28)15-7-5-14(23)6-8-15/h3,5-8,10-12H,1,4,9H2,2H3,(H,25,27,29)/b16-10+. The van der Waals surface area contributed by atoms with Gasteiger partial charge >= 0.3 is 6.03 Å². The summed E-state index contributed by atoms with van der Waals surface area (Å²) in [5.41, 5.74) is 0.676. The molecular formula is C22H18Br2N2O5. The van der Waals surface area contributed by atoms with Crippen LogP contribution in [0.2, 0.25) is 0 Å². The van der Waals surface area contributed by atoms with Gasteiger partial charge < -0.3 is 9.47 Å². The van der Waals surface area contributed by atoms with E-state index in [1.807, 2.05) is 6.92 Å². The summed E-state index contributed by atoms with van der Waals surface area (Å²) in [5, 5.41) is 2.21. The number of halogens is 2. The van der Waals surface area contributed by atoms with Gasteiger partial charge in [-0.3, -0.25) is 14.9 Å². The van der Waals surface area contributed by atoms with Gasteiger partial charge in [-0.1, -0.05) is 28.6 Å². The van der Waals surface area contributed by atoms with Crippen LogP contribution in [-0.4, -0.2) is 31.1 Å². The average Bonchev–Trinajstić information content (AvgIpc) is 2.72. The third-order valence-corrected chi connectivity index (χ3v) is 5.29. The van der Waals surface area contributed by atoms with Crippen LogP contribution in [-0.2, 0) is 9.59 Å². The molecule has 0 saturated carbocycles. The van der Waals surface area contributed by atoms with Crippen molar-refractivity contribution < 1.29 is 23.9 Å². The first-order chi connectivity index (χ1) is 14.8. The fourth-order valence-electron chi connectivity index (χ4n) is 2.87. The Labute approximate surface area is 196 Å². The van der Waals surface area contributed by atoms with Crippen LogP contribution < -0.4 is 19.7 Å². The monoisotopic (exact) mass is 548 g/mol. The predicted octanol–water partition coefficient (Wildman–Crippen LogP) is 4.84. The molecule has 0 aromatic heterocycles. The number of anilines is 1. The van der Waals surface area contributed by atoms with E-state index in [0.29, 0.717) is 33.8 Å². The Morgan fingerprint density at radius 3 is 2.45 bits per heavy atom. The van der Waals surface area contributed by atoms with Crippen molar-refractivity contribution in [3.05, 3.63) is 69.1 Å². The number of hydrogen-bond donors (Lipinski definition) is 1. The Kier molecular flexibility index (Phi) is 7.29. The second-order valence-corrected chi connectivity index (χ2v) is 8.07. The van der Waals surface area contributed by atoms with E-state index in [-0.39, 0.29) is 12.2 Å². The first kappa shape index (κ1) is 22.8. The second kappa shape index (κ2) is 9.93. The van der Waals surface area contributed by atoms with Crippen LogP contribution in [0, 0.1) is 0 Å². The number of carbonyl (C=O) groups is 3. The fraction of sp³-hybridized carbons (Fsp3) is 0.136. The molecule has 0 aliphatic carbocycles. The average molecular weight is 550 g/mol. The number of nitrogens with one attached hydrogen (secondary N) is 1. The van der Waals surface area contributed by atoms with Gasteiger partial charge in [-0.25, -0.2) is 9.69 Å². The van der Waals surface area contributed by atoms with E-state index in [0.717, 1.165) is 9.37 Å². The fourth-order valence-corrected chi connectivity index (χ4v) is 3.70. The zero-order valence-corrected chi connectivity index (χ0v) is 19.7. The van der Waals surface area contributed by atoms with Gasteiger partial charge in [-0.05, 0) is 70.9 Å². The lowest BCUT2D eigenvalue weighted by molar-refractivity contribution is -0.122. The highest BCUT2D eigenvalue weighted by atomic mass is 79.9. The van der Waals surface area contributed by atoms with Crippen molar-refractivity contribution in [3.8, 4) is 11.5 Å². The number of benzene rings is 2. The van der Waals surface area contributed by atoms with Gasteiger partial charge in [-0.2, -0.15) is 0 Å². The highest BCUT2D eigenvalue weighted by Gasteiger charge is 2.36. The van der Waals surface area contributed by atoms with E-state index >= 15 is 0 Å². The summed E-state index contributed by atoms with van der Waals surface area (Å²) in [6.45, 7) is 6.13. The summed E-state index contributed by atoms with van der Waals surface area (Å²) in [7, 11) is 0. The van der Waals surface area contributed by atoms with Crippen molar-refractivity contribution in [1.82, 2.24) is 5.32 Å². The lowest BCUT2D eigenvalue weighted by Crippen LogP contribution is -2.54. The molecule has 1 fully saturated rings. The van der Waals surface area contributed by atoms with E-state index in [9.17, 15) is 14.4 Å². The van der Waals surface area contributed by atoms with Crippen LogP contribution in [0.5, 0.6) is 11.5 Å². The molecular weight excluding hydrogens is 532 g/mol. The molecule has 7 nitrogen and oxygen atoms in total. The van der Waals surface area contributed by atoms with Crippen LogP contribution in [0.1, 0.15) is 12.5 Å². The number of amides is 4. The molecule has 3 rings (SSSR count). The van der Waals surface area contributed by atoms with Crippen molar-refractivity contribution in [3.63, 3.8) is 0 Å². The van der Waals surface area contributed by atoms with Crippen molar-refractivity contribution in [1.29, 1.82) is 0 Å². The minimum atomic E-state index is -0.807. The van der Waals surface area contributed by atoms with Gasteiger partial charge in [0.25, 0.3) is 11.8 Å². The molecule has 0 unspecified atom stereocenters. The first-order valence-electron chi connectivity index (χ1n) is 9.22. The molecule has 9 heteroatoms. The second-order valence-electron chi connectivity index (χ2n) is 6.30. The van der Waals surface area contributed by atoms with Crippen molar-refractivity contribution in [2.24, 2.45) is 0 Å². The third kappa shape index (κ3) is 5.05. The Morgan fingerprint density at radius 2 is 1.81 bits per heavy atom. The maximum Gasteiger partial charge on any atom is 0.335 e. The van der Waals surface area contributed by atoms with E-state index in [4.69, 9.17) is 9.47 Å². The van der Waals surface area contributed by atoms with Gasteiger partial charge in [0.1, 0.15) is 12.2 Å². The summed E-state index contributed by atoms with van der Waals surface area (Å²) in [4.78, 5) is 38.7. The summed E-state index contributed by atoms with van der Waals surface area (Å²) >= 11 is 6.75. The predicted molar refractivity (Wildman–Crippen MR) is 124 cm³/mol. The Morgan fingerprint density at radius 1 is 1.10 bits per heavy atom. The van der Waals surface area contributed by atoms with E-state index in [2.05, 4.69) is 43.8 Å². The van der Waals surface area contributed by atoms with Crippen LogP contribution in [0.3, 0.4) is 0 Å². The number of urea groups is 1. The summed E-state index contributed by atoms with van der Waals surface area (Å²) in [6, 6.07) is 9.13. The lowest BCUT2D eigenvalue weighted by atomic mass is 10.1. The number of ether oxygens (including phenoxy) is 2. The number of hydrogen-bond acceptors (Lipinski definition) is 5. The molecule has 160 valence electrons. The molecule has 0 bridgehead atoms. The number of carbonyl (C=O) groups excluding carboxylic acids is 3. The quantitative estimate of drug-likeness (QED) is 0.303. The maximum atomic E-state index is 13.0. The molecule has 0 atom stereocenters.